The minimum absolute atomic E-state index is 0.0368. The maximum Gasteiger partial charge on any atom is 0.265 e. The molecule has 0 aliphatic heterocycles. The number of carbonyl (C=O) groups excluding carboxylic acids is 1. The highest BCUT2D eigenvalue weighted by molar-refractivity contribution is 7.89. The standard InChI is InChI=1S/C21H18N4O4S/c22-30(28,29)15-9-7-14(8-10-15)11-12-23-20(26)17-5-3-13-25-19(17)24-18-6-2-1-4-16(18)21(25)27/h1-10,13H,11-12H2,(H,23,26)(H2,22,28,29). The Balaban J connectivity index is 1.54. The zero-order valence-corrected chi connectivity index (χ0v) is 16.6. The largest absolute Gasteiger partial charge is 0.352 e. The number of rotatable bonds is 5. The number of sulfonamides is 1. The summed E-state index contributed by atoms with van der Waals surface area (Å²) in [6.45, 7) is 0.326. The number of benzene rings is 2. The molecule has 0 fully saturated rings. The van der Waals surface area contributed by atoms with Gasteiger partial charge in [-0.25, -0.2) is 18.5 Å². The normalized spacial score (nSPS) is 11.6. The summed E-state index contributed by atoms with van der Waals surface area (Å²) >= 11 is 0. The fourth-order valence-electron chi connectivity index (χ4n) is 3.21. The van der Waals surface area contributed by atoms with Crippen LogP contribution in [0.5, 0.6) is 0 Å². The Hall–Kier alpha value is -3.56. The fourth-order valence-corrected chi connectivity index (χ4v) is 3.73. The highest BCUT2D eigenvalue weighted by Gasteiger charge is 2.14. The van der Waals surface area contributed by atoms with Gasteiger partial charge in [-0.2, -0.15) is 0 Å². The summed E-state index contributed by atoms with van der Waals surface area (Å²) < 4.78 is 24.0. The molecule has 0 atom stereocenters. The van der Waals surface area contributed by atoms with Crippen molar-refractivity contribution < 1.29 is 13.2 Å². The molecule has 0 saturated carbocycles. The second-order valence-electron chi connectivity index (χ2n) is 6.74. The Morgan fingerprint density at radius 3 is 2.50 bits per heavy atom. The van der Waals surface area contributed by atoms with Gasteiger partial charge in [0.05, 0.1) is 21.4 Å². The molecule has 2 aromatic carbocycles. The molecule has 0 aliphatic rings. The summed E-state index contributed by atoms with van der Waals surface area (Å²) in [6, 6.07) is 16.4. The molecule has 152 valence electrons. The van der Waals surface area contributed by atoms with Gasteiger partial charge in [-0.1, -0.05) is 24.3 Å². The molecule has 0 aliphatic carbocycles. The number of nitrogens with one attached hydrogen (secondary N) is 1. The minimum atomic E-state index is -3.73. The van der Waals surface area contributed by atoms with Gasteiger partial charge in [-0.05, 0) is 48.4 Å². The molecule has 4 aromatic rings. The van der Waals surface area contributed by atoms with Crippen molar-refractivity contribution in [1.29, 1.82) is 0 Å². The highest BCUT2D eigenvalue weighted by Crippen LogP contribution is 2.13. The van der Waals surface area contributed by atoms with E-state index in [0.717, 1.165) is 5.56 Å². The lowest BCUT2D eigenvalue weighted by atomic mass is 10.1. The number of amides is 1. The number of carbonyl (C=O) groups is 1. The van der Waals surface area contributed by atoms with Crippen LogP contribution in [0.25, 0.3) is 16.6 Å². The third-order valence-electron chi connectivity index (χ3n) is 4.74. The molecule has 3 N–H and O–H groups in total. The van der Waals surface area contributed by atoms with Crippen LogP contribution in [0.3, 0.4) is 0 Å². The highest BCUT2D eigenvalue weighted by atomic mass is 32.2. The summed E-state index contributed by atoms with van der Waals surface area (Å²) in [7, 11) is -3.73. The Labute approximate surface area is 172 Å². The fraction of sp³-hybridized carbons (Fsp3) is 0.0952. The Bertz CT molecular complexity index is 1430. The van der Waals surface area contributed by atoms with E-state index in [-0.39, 0.29) is 22.0 Å². The van der Waals surface area contributed by atoms with Gasteiger partial charge in [0.1, 0.15) is 0 Å². The molecule has 0 saturated heterocycles. The van der Waals surface area contributed by atoms with Gasteiger partial charge in [-0.3, -0.25) is 14.0 Å². The van der Waals surface area contributed by atoms with Crippen molar-refractivity contribution in [1.82, 2.24) is 14.7 Å². The van der Waals surface area contributed by atoms with E-state index >= 15 is 0 Å². The van der Waals surface area contributed by atoms with Crippen molar-refractivity contribution in [3.05, 3.63) is 88.3 Å². The Morgan fingerprint density at radius 1 is 1.03 bits per heavy atom. The van der Waals surface area contributed by atoms with Gasteiger partial charge in [0.2, 0.25) is 10.0 Å². The molecule has 1 amide bonds. The number of fused-ring (bicyclic) bond motifs is 2. The lowest BCUT2D eigenvalue weighted by Gasteiger charge is -2.09. The molecule has 30 heavy (non-hydrogen) atoms. The van der Waals surface area contributed by atoms with E-state index in [2.05, 4.69) is 10.3 Å². The van der Waals surface area contributed by atoms with Gasteiger partial charge in [0, 0.05) is 12.7 Å². The summed E-state index contributed by atoms with van der Waals surface area (Å²) in [6.07, 6.45) is 2.08. The van der Waals surface area contributed by atoms with Crippen LogP contribution in [-0.4, -0.2) is 30.3 Å². The number of primary sulfonamides is 1. The van der Waals surface area contributed by atoms with E-state index in [1.165, 1.54) is 16.5 Å². The van der Waals surface area contributed by atoms with Crippen LogP contribution in [0.15, 0.2) is 76.6 Å². The van der Waals surface area contributed by atoms with E-state index in [1.54, 1.807) is 54.7 Å². The van der Waals surface area contributed by atoms with E-state index in [1.807, 2.05) is 0 Å². The number of pyridine rings is 1. The predicted octanol–water partition coefficient (Wildman–Crippen LogP) is 1.47. The molecular formula is C21H18N4O4S. The molecule has 9 heteroatoms. The zero-order chi connectivity index (χ0) is 21.3. The van der Waals surface area contributed by atoms with Crippen molar-refractivity contribution in [2.45, 2.75) is 11.3 Å². The molecular weight excluding hydrogens is 404 g/mol. The second-order valence-corrected chi connectivity index (χ2v) is 8.31. The average Bonchev–Trinajstić information content (AvgIpc) is 2.73. The van der Waals surface area contributed by atoms with Gasteiger partial charge in [-0.15, -0.1) is 0 Å². The van der Waals surface area contributed by atoms with Crippen molar-refractivity contribution in [2.24, 2.45) is 5.14 Å². The summed E-state index contributed by atoms with van der Waals surface area (Å²) in [4.78, 5) is 29.9. The van der Waals surface area contributed by atoms with Crippen molar-refractivity contribution in [3.63, 3.8) is 0 Å². The van der Waals surface area contributed by atoms with Crippen molar-refractivity contribution in [2.75, 3.05) is 6.54 Å². The molecule has 0 unspecified atom stereocenters. The van der Waals surface area contributed by atoms with Crippen LogP contribution < -0.4 is 16.0 Å². The first kappa shape index (κ1) is 19.7. The summed E-state index contributed by atoms with van der Waals surface area (Å²) in [5.74, 6) is -0.351. The first-order valence-corrected chi connectivity index (χ1v) is 10.7. The van der Waals surface area contributed by atoms with Crippen LogP contribution in [0.2, 0.25) is 0 Å². The molecule has 4 rings (SSSR count). The third kappa shape index (κ3) is 3.80. The topological polar surface area (TPSA) is 124 Å². The van der Waals surface area contributed by atoms with Crippen LogP contribution in [0, 0.1) is 0 Å². The molecule has 0 bridgehead atoms. The molecule has 0 spiro atoms. The number of para-hydroxylation sites is 1. The quantitative estimate of drug-likeness (QED) is 0.472. The van der Waals surface area contributed by atoms with Crippen molar-refractivity contribution in [3.8, 4) is 0 Å². The first-order valence-electron chi connectivity index (χ1n) is 9.15. The summed E-state index contributed by atoms with van der Waals surface area (Å²) in [5.41, 5.74) is 1.72. The molecule has 2 aromatic heterocycles. The monoisotopic (exact) mass is 422 g/mol. The Morgan fingerprint density at radius 2 is 1.77 bits per heavy atom. The first-order chi connectivity index (χ1) is 14.3. The van der Waals surface area contributed by atoms with E-state index in [0.29, 0.717) is 29.4 Å². The lowest BCUT2D eigenvalue weighted by Crippen LogP contribution is -2.27. The van der Waals surface area contributed by atoms with Crippen LogP contribution in [-0.2, 0) is 16.4 Å². The number of nitrogens with two attached hydrogens (primary N) is 1. The van der Waals surface area contributed by atoms with Crippen LogP contribution in [0.4, 0.5) is 0 Å². The molecule has 8 nitrogen and oxygen atoms in total. The van der Waals surface area contributed by atoms with E-state index in [9.17, 15) is 18.0 Å². The third-order valence-corrected chi connectivity index (χ3v) is 5.67. The lowest BCUT2D eigenvalue weighted by molar-refractivity contribution is 0.0955. The maximum atomic E-state index is 12.7. The number of hydrogen-bond acceptors (Lipinski definition) is 5. The number of hydrogen-bond donors (Lipinski definition) is 2. The SMILES string of the molecule is NS(=O)(=O)c1ccc(CCNC(=O)c2cccn3c(=O)c4ccccc4nc23)cc1. The Kier molecular flexibility index (Phi) is 5.06. The predicted molar refractivity (Wildman–Crippen MR) is 113 cm³/mol. The van der Waals surface area contributed by atoms with Crippen molar-refractivity contribution >= 4 is 32.5 Å². The number of aromatic nitrogens is 2. The maximum absolute atomic E-state index is 12.7. The van der Waals surface area contributed by atoms with Gasteiger partial charge in [0.25, 0.3) is 11.5 Å². The minimum Gasteiger partial charge on any atom is -0.352 e. The second kappa shape index (κ2) is 7.69. The van der Waals surface area contributed by atoms with Crippen LogP contribution >= 0.6 is 0 Å². The summed E-state index contributed by atoms with van der Waals surface area (Å²) in [5, 5.41) is 8.38. The molecule has 2 heterocycles. The van der Waals surface area contributed by atoms with E-state index < -0.39 is 10.0 Å². The van der Waals surface area contributed by atoms with Crippen LogP contribution in [0.1, 0.15) is 15.9 Å². The average molecular weight is 422 g/mol. The van der Waals surface area contributed by atoms with Gasteiger partial charge < -0.3 is 5.32 Å². The van der Waals surface area contributed by atoms with E-state index in [4.69, 9.17) is 5.14 Å². The number of nitrogens with zero attached hydrogens (tertiary/aromatic N) is 2. The van der Waals surface area contributed by atoms with Gasteiger partial charge >= 0.3 is 0 Å². The van der Waals surface area contributed by atoms with Gasteiger partial charge in [0.15, 0.2) is 5.65 Å². The molecule has 0 radical (unpaired) electrons. The smallest absolute Gasteiger partial charge is 0.265 e. The zero-order valence-electron chi connectivity index (χ0n) is 15.8.